The number of benzene rings is 3. The number of carbonyl (C=O) groups is 4. The number of H-pyrrole nitrogens is 1. The average molecular weight is 643 g/mol. The predicted molar refractivity (Wildman–Crippen MR) is 167 cm³/mol. The fraction of sp³-hybridized carbons (Fsp3) is 0.286. The Morgan fingerprint density at radius 1 is 0.660 bits per heavy atom. The molecular weight excluding hydrogens is 608 g/mol. The van der Waals surface area contributed by atoms with Gasteiger partial charge in [-0.1, -0.05) is 60.7 Å². The Bertz CT molecular complexity index is 1650. The number of imidazole rings is 1. The van der Waals surface area contributed by atoms with E-state index in [1.165, 1.54) is 13.8 Å². The first-order valence-electron chi connectivity index (χ1n) is 14.9. The topological polar surface area (TPSA) is 152 Å². The molecular formula is C35H34N2O10. The number of hydrogen-bond acceptors (Lipinski definition) is 11. The zero-order valence-electron chi connectivity index (χ0n) is 26.2. The second kappa shape index (κ2) is 14.7. The summed E-state index contributed by atoms with van der Waals surface area (Å²) in [6.07, 6.45) is -6.44. The minimum Gasteiger partial charge on any atom is -0.463 e. The molecule has 0 radical (unpaired) electrons. The van der Waals surface area contributed by atoms with Gasteiger partial charge in [0.1, 0.15) is 24.3 Å². The van der Waals surface area contributed by atoms with Crippen molar-refractivity contribution in [1.29, 1.82) is 0 Å². The highest BCUT2D eigenvalue weighted by Crippen LogP contribution is 2.35. The van der Waals surface area contributed by atoms with Gasteiger partial charge in [-0.05, 0) is 24.3 Å². The summed E-state index contributed by atoms with van der Waals surface area (Å²) in [6, 6.07) is 26.7. The molecule has 1 aliphatic heterocycles. The molecule has 1 aromatic heterocycles. The molecule has 1 fully saturated rings. The van der Waals surface area contributed by atoms with E-state index in [1.54, 1.807) is 24.3 Å². The summed E-state index contributed by atoms with van der Waals surface area (Å²) in [5.41, 5.74) is 4.36. The van der Waals surface area contributed by atoms with Crippen molar-refractivity contribution >= 4 is 23.9 Å². The highest BCUT2D eigenvalue weighted by Gasteiger charge is 2.53. The number of aromatic amines is 1. The van der Waals surface area contributed by atoms with Crippen molar-refractivity contribution in [2.75, 3.05) is 6.61 Å². The summed E-state index contributed by atoms with van der Waals surface area (Å²) in [7, 11) is 0. The standard InChI is InChI=1S/C35H34N2O10/c1-20(38)42-19-28-31(43-21(2)39)32(44-22(3)40)33(45-23(4)41)35(47-28)46-27-17-15-26(16-18-27)34-36-29(24-11-7-5-8-12-24)30(37-34)25-13-9-6-10-14-25/h5-18,28,31-33,35H,19H2,1-4H3,(H,36,37)/t28-,31-,32+,33-,35-/m1/s1. The number of carbonyl (C=O) groups excluding carboxylic acids is 4. The van der Waals surface area contributed by atoms with Crippen molar-refractivity contribution in [2.24, 2.45) is 0 Å². The molecule has 3 aromatic carbocycles. The normalized spacial score (nSPS) is 20.5. The first kappa shape index (κ1) is 32.9. The maximum atomic E-state index is 12.1. The zero-order chi connectivity index (χ0) is 33.5. The van der Waals surface area contributed by atoms with Crippen LogP contribution in [0.25, 0.3) is 33.9 Å². The van der Waals surface area contributed by atoms with Crippen LogP contribution in [0.15, 0.2) is 84.9 Å². The summed E-state index contributed by atoms with van der Waals surface area (Å²) >= 11 is 0. The quantitative estimate of drug-likeness (QED) is 0.186. The third-order valence-corrected chi connectivity index (χ3v) is 7.14. The number of ether oxygens (including phenoxy) is 6. The van der Waals surface area contributed by atoms with E-state index in [4.69, 9.17) is 33.4 Å². The Morgan fingerprint density at radius 3 is 1.79 bits per heavy atom. The molecule has 47 heavy (non-hydrogen) atoms. The highest BCUT2D eigenvalue weighted by atomic mass is 16.7. The molecule has 5 rings (SSSR count). The molecule has 0 bridgehead atoms. The van der Waals surface area contributed by atoms with Crippen molar-refractivity contribution in [3.63, 3.8) is 0 Å². The molecule has 0 saturated carbocycles. The lowest BCUT2D eigenvalue weighted by atomic mass is 9.98. The van der Waals surface area contributed by atoms with E-state index in [2.05, 4.69) is 4.98 Å². The van der Waals surface area contributed by atoms with Crippen LogP contribution in [0.5, 0.6) is 5.75 Å². The van der Waals surface area contributed by atoms with E-state index in [-0.39, 0.29) is 6.61 Å². The van der Waals surface area contributed by atoms with Crippen LogP contribution in [0.1, 0.15) is 27.7 Å². The second-order valence-electron chi connectivity index (χ2n) is 10.8. The van der Waals surface area contributed by atoms with Gasteiger partial charge in [-0.3, -0.25) is 19.2 Å². The van der Waals surface area contributed by atoms with Crippen molar-refractivity contribution in [2.45, 2.75) is 58.4 Å². The smallest absolute Gasteiger partial charge is 0.303 e. The van der Waals surface area contributed by atoms with E-state index in [0.29, 0.717) is 11.6 Å². The van der Waals surface area contributed by atoms with Crippen molar-refractivity contribution in [3.8, 4) is 39.7 Å². The van der Waals surface area contributed by atoms with Gasteiger partial charge < -0.3 is 33.4 Å². The van der Waals surface area contributed by atoms with Gasteiger partial charge in [0.15, 0.2) is 12.2 Å². The van der Waals surface area contributed by atoms with Gasteiger partial charge in [0, 0.05) is 44.4 Å². The van der Waals surface area contributed by atoms with Gasteiger partial charge in [-0.25, -0.2) is 4.98 Å². The predicted octanol–water partition coefficient (Wildman–Crippen LogP) is 4.87. The number of nitrogens with zero attached hydrogens (tertiary/aromatic N) is 1. The molecule has 2 heterocycles. The Kier molecular flexibility index (Phi) is 10.3. The summed E-state index contributed by atoms with van der Waals surface area (Å²) in [5, 5.41) is 0. The number of rotatable bonds is 10. The van der Waals surface area contributed by atoms with E-state index >= 15 is 0 Å². The first-order valence-corrected chi connectivity index (χ1v) is 14.9. The lowest BCUT2D eigenvalue weighted by Crippen LogP contribution is -2.63. The summed E-state index contributed by atoms with van der Waals surface area (Å²) in [5.74, 6) is -1.85. The number of esters is 4. The fourth-order valence-electron chi connectivity index (χ4n) is 5.24. The van der Waals surface area contributed by atoms with Crippen LogP contribution in [-0.4, -0.2) is 71.2 Å². The van der Waals surface area contributed by atoms with Gasteiger partial charge in [-0.15, -0.1) is 0 Å². The first-order chi connectivity index (χ1) is 22.6. The Hall–Kier alpha value is -5.49. The number of hydrogen-bond donors (Lipinski definition) is 1. The van der Waals surface area contributed by atoms with Gasteiger partial charge in [0.25, 0.3) is 0 Å². The van der Waals surface area contributed by atoms with Crippen LogP contribution in [0.4, 0.5) is 0 Å². The highest BCUT2D eigenvalue weighted by molar-refractivity contribution is 5.81. The van der Waals surface area contributed by atoms with E-state index < -0.39 is 54.6 Å². The van der Waals surface area contributed by atoms with Crippen LogP contribution < -0.4 is 4.74 Å². The molecule has 1 saturated heterocycles. The summed E-state index contributed by atoms with van der Waals surface area (Å²) < 4.78 is 33.7. The number of nitrogens with one attached hydrogen (secondary N) is 1. The van der Waals surface area contributed by atoms with Gasteiger partial charge in [-0.2, -0.15) is 0 Å². The molecule has 244 valence electrons. The molecule has 0 amide bonds. The minimum absolute atomic E-state index is 0.313. The van der Waals surface area contributed by atoms with Crippen LogP contribution in [0.3, 0.4) is 0 Å². The molecule has 1 aliphatic rings. The van der Waals surface area contributed by atoms with E-state index in [0.717, 1.165) is 41.9 Å². The van der Waals surface area contributed by atoms with Crippen LogP contribution in [0.2, 0.25) is 0 Å². The van der Waals surface area contributed by atoms with E-state index in [1.807, 2.05) is 60.7 Å². The lowest BCUT2D eigenvalue weighted by molar-refractivity contribution is -0.288. The van der Waals surface area contributed by atoms with Crippen molar-refractivity contribution in [1.82, 2.24) is 9.97 Å². The monoisotopic (exact) mass is 642 g/mol. The second-order valence-corrected chi connectivity index (χ2v) is 10.8. The zero-order valence-corrected chi connectivity index (χ0v) is 26.2. The third-order valence-electron chi connectivity index (χ3n) is 7.14. The largest absolute Gasteiger partial charge is 0.463 e. The van der Waals surface area contributed by atoms with Gasteiger partial charge in [0.2, 0.25) is 12.4 Å². The van der Waals surface area contributed by atoms with Crippen LogP contribution in [0, 0.1) is 0 Å². The Morgan fingerprint density at radius 2 is 1.21 bits per heavy atom. The molecule has 0 unspecified atom stereocenters. The maximum absolute atomic E-state index is 12.1. The average Bonchev–Trinajstić information content (AvgIpc) is 3.49. The van der Waals surface area contributed by atoms with Crippen LogP contribution >= 0.6 is 0 Å². The molecule has 5 atom stereocenters. The molecule has 12 nitrogen and oxygen atoms in total. The van der Waals surface area contributed by atoms with Crippen molar-refractivity contribution < 1.29 is 47.6 Å². The molecule has 4 aromatic rings. The Balaban J connectivity index is 1.45. The molecule has 0 spiro atoms. The minimum atomic E-state index is -1.35. The van der Waals surface area contributed by atoms with Crippen molar-refractivity contribution in [3.05, 3.63) is 84.9 Å². The Labute approximate surface area is 270 Å². The molecule has 12 heteroatoms. The maximum Gasteiger partial charge on any atom is 0.303 e. The summed E-state index contributed by atoms with van der Waals surface area (Å²) in [4.78, 5) is 56.2. The lowest BCUT2D eigenvalue weighted by Gasteiger charge is -2.43. The molecule has 0 aliphatic carbocycles. The van der Waals surface area contributed by atoms with Gasteiger partial charge in [0.05, 0.1) is 11.4 Å². The SMILES string of the molecule is CC(=O)OC[C@H]1O[C@@H](Oc2ccc(-c3nc(-c4ccccc4)c(-c4ccccc4)[nH]3)cc2)[C@H](OC(C)=O)[C@@H](OC(C)=O)[C@@H]1OC(C)=O. The fourth-order valence-corrected chi connectivity index (χ4v) is 5.24. The molecule has 1 N–H and O–H groups in total. The van der Waals surface area contributed by atoms with E-state index in [9.17, 15) is 19.2 Å². The van der Waals surface area contributed by atoms with Crippen LogP contribution in [-0.2, 0) is 42.9 Å². The third kappa shape index (κ3) is 8.22. The summed E-state index contributed by atoms with van der Waals surface area (Å²) in [6.45, 7) is 4.32. The van der Waals surface area contributed by atoms with Gasteiger partial charge >= 0.3 is 23.9 Å². The number of aromatic nitrogens is 2.